The number of hydrogen-bond acceptors (Lipinski definition) is 27. The van der Waals surface area contributed by atoms with Crippen molar-refractivity contribution in [3.8, 4) is 57.1 Å². The standard InChI is InChI=1S/C67H75Cl2N9O27/c1-22(2)11-33(71-4)59(92)77-48-51(86)25-6-9-37(31(68)13-25)100-39-15-27-16-40(57(39)104-67-56(91)55(90)58(42(21-80)103-67)105-66-50(72-23(3)81)54(89)53(88)41(20-79)102-66)101-38-10-7-26(14-32(38)69)52(87)49-64(97)76-47(65(98)99)30-17-28(82)18-36(84)44(30)29-12-24(5-8-35(29)83)45(61(94)78-49)75-62(95)46(27)74-60(93)34(19-43(70)85)73-63(48)96/h5-10,12-18,22,33-34,41-42,45-56,58,66-67,71,79-80,82-84,86-91H,11,19-21H2,1-4H3,(H2,70,85)(H,72,81)(H,73,96)(H,74,93)(H,75,95)(H,76,97)(H,77,92)(H,78,94)(H,98,99)/t33-,34+,41-,42-,45-,46-,47+,48-,49+,50-,51-,52-,53-,54-,55-,56-,58-,66+,67+/m1/s1. The van der Waals surface area contributed by atoms with E-state index in [0.29, 0.717) is 0 Å². The van der Waals surface area contributed by atoms with E-state index in [-0.39, 0.29) is 29.0 Å². The first kappa shape index (κ1) is 77.8. The Morgan fingerprint density at radius 2 is 1.21 bits per heavy atom. The molecule has 7 aliphatic rings. The van der Waals surface area contributed by atoms with Crippen LogP contribution >= 0.6 is 23.2 Å². The fraction of sp³-hybridized carbons (Fsp3) is 0.418. The number of nitrogens with one attached hydrogen (secondary N) is 8. The van der Waals surface area contributed by atoms with Crippen LogP contribution in [0.1, 0.15) is 91.8 Å². The minimum Gasteiger partial charge on any atom is -0.508 e. The number of primary amides is 1. The molecule has 105 heavy (non-hydrogen) atoms. The largest absolute Gasteiger partial charge is 0.508 e. The van der Waals surface area contributed by atoms with Crippen molar-refractivity contribution in [3.63, 3.8) is 0 Å². The van der Waals surface area contributed by atoms with E-state index in [1.807, 2.05) is 0 Å². The fourth-order valence-corrected chi connectivity index (χ4v) is 13.1. The summed E-state index contributed by atoms with van der Waals surface area (Å²) in [6.45, 7) is 2.63. The van der Waals surface area contributed by atoms with Crippen LogP contribution in [0.25, 0.3) is 11.1 Å². The molecule has 0 aromatic heterocycles. The van der Waals surface area contributed by atoms with Gasteiger partial charge < -0.3 is 138 Å². The maximum atomic E-state index is 16.0. The predicted molar refractivity (Wildman–Crippen MR) is 357 cm³/mol. The highest BCUT2D eigenvalue weighted by Gasteiger charge is 2.53. The van der Waals surface area contributed by atoms with Gasteiger partial charge in [-0.15, -0.1) is 0 Å². The van der Waals surface area contributed by atoms with Crippen LogP contribution in [0.3, 0.4) is 0 Å². The first-order chi connectivity index (χ1) is 49.7. The lowest BCUT2D eigenvalue weighted by molar-refractivity contribution is -0.337. The minimum atomic E-state index is -2.39. The van der Waals surface area contributed by atoms with Crippen LogP contribution in [0.15, 0.2) is 78.9 Å². The number of hydrogen-bond donors (Lipinski definition) is 21. The van der Waals surface area contributed by atoms with Gasteiger partial charge >= 0.3 is 5.97 Å². The number of carbonyl (C=O) groups is 9. The summed E-state index contributed by atoms with van der Waals surface area (Å²) in [5.74, 6) is -17.5. The molecule has 5 aromatic carbocycles. The molecule has 7 heterocycles. The number of aliphatic carboxylic acids is 1. The molecule has 19 atom stereocenters. The summed E-state index contributed by atoms with van der Waals surface area (Å²) >= 11 is 14.0. The van der Waals surface area contributed by atoms with Gasteiger partial charge in [0.1, 0.15) is 120 Å². The van der Waals surface area contributed by atoms with Crippen molar-refractivity contribution in [3.05, 3.63) is 117 Å². The second-order valence-corrected chi connectivity index (χ2v) is 26.5. The number of carbonyl (C=O) groups excluding carboxylic acids is 8. The average Bonchev–Trinajstić information content (AvgIpc) is 0.770. The second kappa shape index (κ2) is 32.3. The van der Waals surface area contributed by atoms with Crippen LogP contribution in [0.5, 0.6) is 46.0 Å². The quantitative estimate of drug-likeness (QED) is 0.0531. The van der Waals surface area contributed by atoms with E-state index in [2.05, 4.69) is 42.5 Å². The van der Waals surface area contributed by atoms with Crippen molar-refractivity contribution in [2.75, 3.05) is 20.3 Å². The van der Waals surface area contributed by atoms with Gasteiger partial charge in [0.25, 0.3) is 0 Å². The zero-order chi connectivity index (χ0) is 76.5. The lowest BCUT2D eigenvalue weighted by Crippen LogP contribution is -2.67. The number of amides is 8. The summed E-state index contributed by atoms with van der Waals surface area (Å²) in [6, 6.07) is -3.04. The Morgan fingerprint density at radius 3 is 1.79 bits per heavy atom. The number of rotatable bonds is 15. The highest BCUT2D eigenvalue weighted by molar-refractivity contribution is 6.32. The van der Waals surface area contributed by atoms with Crippen LogP contribution in [0, 0.1) is 5.92 Å². The van der Waals surface area contributed by atoms with Gasteiger partial charge in [-0.1, -0.05) is 55.2 Å². The first-order valence-electron chi connectivity index (χ1n) is 32.4. The Bertz CT molecular complexity index is 4210. The fourth-order valence-electron chi connectivity index (χ4n) is 12.6. The number of carboxylic acid groups (broad SMARTS) is 1. The van der Waals surface area contributed by atoms with Crippen molar-refractivity contribution in [1.29, 1.82) is 0 Å². The number of aromatic hydroxyl groups is 3. The van der Waals surface area contributed by atoms with Crippen LogP contribution in [-0.4, -0.2) is 220 Å². The van der Waals surface area contributed by atoms with Crippen molar-refractivity contribution < 1.29 is 133 Å². The lowest BCUT2D eigenvalue weighted by Gasteiger charge is -2.47. The molecule has 38 heteroatoms. The SMILES string of the molecule is CN[C@H](CC(C)C)C(=O)N[C@H]1C(=O)N[C@@H](CC(N)=O)C(=O)N[C@H]2C(=O)N[C@H]3C(=O)N[C@H](C(=O)N[C@H](C(=O)O)c4cc(O)cc(O)c4-c4cc3ccc4O)[C@H](O)c3ccc(c(Cl)c3)Oc3cc2cc(c3O[C@@H]2O[C@H](CO)[C@@H](O[C@@H]3O[C@H](CO)[C@@H](O)[C@H](O)[C@H]3NC(C)=O)[C@H](O)[C@H]2O)Oc2ccc(cc2Cl)[C@H]1O. The number of ether oxygens (including phenoxy) is 6. The van der Waals surface area contributed by atoms with E-state index >= 15 is 14.4 Å². The molecule has 22 N–H and O–H groups in total. The number of phenolic OH excluding ortho intramolecular Hbond substituents is 3. The molecule has 564 valence electrons. The van der Waals surface area contributed by atoms with Gasteiger partial charge in [-0.3, -0.25) is 38.4 Å². The van der Waals surface area contributed by atoms with Gasteiger partial charge in [-0.2, -0.15) is 0 Å². The highest BCUT2D eigenvalue weighted by Crippen LogP contribution is 2.50. The topological polar surface area (TPSA) is 574 Å². The maximum Gasteiger partial charge on any atom is 0.330 e. The van der Waals surface area contributed by atoms with E-state index in [9.17, 15) is 90.0 Å². The van der Waals surface area contributed by atoms with E-state index < -0.39 is 267 Å². The van der Waals surface area contributed by atoms with Gasteiger partial charge in [0.2, 0.25) is 59.3 Å². The van der Waals surface area contributed by atoms with E-state index in [1.165, 1.54) is 13.1 Å². The molecule has 0 radical (unpaired) electrons. The molecule has 8 amide bonds. The maximum absolute atomic E-state index is 16.0. The molecule has 0 unspecified atom stereocenters. The third kappa shape index (κ3) is 16.7. The average molecular weight is 1510 g/mol. The van der Waals surface area contributed by atoms with Crippen molar-refractivity contribution in [2.45, 2.75) is 149 Å². The summed E-state index contributed by atoms with van der Waals surface area (Å²) in [4.78, 5) is 129. The summed E-state index contributed by atoms with van der Waals surface area (Å²) < 4.78 is 37.3. The van der Waals surface area contributed by atoms with E-state index in [0.717, 1.165) is 79.7 Å². The Balaban J connectivity index is 1.20. The molecule has 0 saturated carbocycles. The van der Waals surface area contributed by atoms with Gasteiger partial charge in [-0.05, 0) is 96.2 Å². The smallest absolute Gasteiger partial charge is 0.330 e. The number of fused-ring (bicyclic) bond motifs is 15. The molecular formula is C67H75Cl2N9O27. The number of halogens is 2. The Hall–Kier alpha value is -9.77. The lowest BCUT2D eigenvalue weighted by atomic mass is 9.89. The molecule has 7 aliphatic heterocycles. The molecule has 2 fully saturated rings. The van der Waals surface area contributed by atoms with Gasteiger partial charge in [-0.25, -0.2) is 4.79 Å². The number of phenols is 3. The van der Waals surface area contributed by atoms with E-state index in [1.54, 1.807) is 13.8 Å². The zero-order valence-electron chi connectivity index (χ0n) is 55.7. The number of aliphatic hydroxyl groups is 8. The summed E-state index contributed by atoms with van der Waals surface area (Å²) in [7, 11) is 1.45. The molecule has 5 aromatic rings. The highest BCUT2D eigenvalue weighted by atomic mass is 35.5. The number of likely N-dealkylation sites (N-methyl/N-ethyl adjacent to an activating group) is 1. The van der Waals surface area contributed by atoms with Gasteiger partial charge in [0.15, 0.2) is 23.8 Å². The number of benzene rings is 5. The molecule has 36 nitrogen and oxygen atoms in total. The van der Waals surface area contributed by atoms with Crippen LogP contribution in [0.4, 0.5) is 0 Å². The third-order valence-electron chi connectivity index (χ3n) is 17.9. The number of aliphatic hydroxyl groups excluding tert-OH is 8. The van der Waals surface area contributed by atoms with Crippen LogP contribution in [0.2, 0.25) is 10.0 Å². The van der Waals surface area contributed by atoms with Crippen LogP contribution < -0.4 is 62.5 Å². The molecular weight excluding hydrogens is 1430 g/mol. The normalized spacial score (nSPS) is 28.7. The third-order valence-corrected chi connectivity index (χ3v) is 18.5. The van der Waals surface area contributed by atoms with Gasteiger partial charge in [0.05, 0.1) is 35.7 Å². The van der Waals surface area contributed by atoms with Gasteiger partial charge in [0, 0.05) is 29.7 Å². The summed E-state index contributed by atoms with van der Waals surface area (Å²) in [5.41, 5.74) is 2.65. The second-order valence-electron chi connectivity index (χ2n) is 25.7. The summed E-state index contributed by atoms with van der Waals surface area (Å²) in [6.07, 6.45) is -23.0. The Kier molecular flexibility index (Phi) is 23.9. The monoisotopic (exact) mass is 1510 g/mol. The zero-order valence-corrected chi connectivity index (χ0v) is 57.2. The van der Waals surface area contributed by atoms with Crippen molar-refractivity contribution >= 4 is 76.4 Å². The molecule has 0 aliphatic carbocycles. The molecule has 0 spiro atoms. The number of nitrogens with two attached hydrogens (primary N) is 1. The van der Waals surface area contributed by atoms with Crippen LogP contribution in [-0.2, 0) is 57.4 Å². The Morgan fingerprint density at radius 1 is 0.619 bits per heavy atom. The summed E-state index contributed by atoms with van der Waals surface area (Å²) in [5, 5.41) is 155. The molecule has 2 saturated heterocycles. The molecule has 11 bridgehead atoms. The van der Waals surface area contributed by atoms with Crippen molar-refractivity contribution in [2.24, 2.45) is 11.7 Å². The predicted octanol–water partition coefficient (Wildman–Crippen LogP) is -2.16. The Labute approximate surface area is 604 Å². The minimum absolute atomic E-state index is 0.117. The first-order valence-corrected chi connectivity index (χ1v) is 33.2. The van der Waals surface area contributed by atoms with E-state index in [4.69, 9.17) is 57.4 Å². The van der Waals surface area contributed by atoms with Crippen molar-refractivity contribution in [1.82, 2.24) is 42.5 Å². The molecule has 12 rings (SSSR count). The number of carboxylic acids is 1.